The molecule has 1 atom stereocenters. The second-order valence-corrected chi connectivity index (χ2v) is 6.64. The van der Waals surface area contributed by atoms with E-state index in [1.54, 1.807) is 16.4 Å². The van der Waals surface area contributed by atoms with Gasteiger partial charge in [0.25, 0.3) is 0 Å². The number of thioether (sulfide) groups is 1. The number of carbonyl (C=O) groups is 1. The molecule has 0 aliphatic carbocycles. The molecule has 5 nitrogen and oxygen atoms in total. The zero-order valence-corrected chi connectivity index (χ0v) is 13.7. The highest BCUT2D eigenvalue weighted by molar-refractivity contribution is 8.00. The van der Waals surface area contributed by atoms with Crippen LogP contribution in [0.15, 0.2) is 30.5 Å². The Hall–Kier alpha value is -1.95. The van der Waals surface area contributed by atoms with E-state index in [0.29, 0.717) is 5.75 Å². The van der Waals surface area contributed by atoms with Gasteiger partial charge in [0.1, 0.15) is 11.6 Å². The number of hydrogen-bond donors (Lipinski definition) is 1. The summed E-state index contributed by atoms with van der Waals surface area (Å²) < 4.78 is 7.49. The number of ether oxygens (including phenoxy) is 1. The molecule has 1 unspecified atom stereocenters. The minimum absolute atomic E-state index is 0.00642. The molecule has 1 aliphatic heterocycles. The number of carbonyl (C=O) groups excluding carboxylic acids is 1. The Morgan fingerprint density at radius 2 is 2.27 bits per heavy atom. The monoisotopic (exact) mass is 317 g/mol. The molecule has 0 radical (unpaired) electrons. The number of rotatable bonds is 3. The summed E-state index contributed by atoms with van der Waals surface area (Å²) in [6.07, 6.45) is 1.96. The highest BCUT2D eigenvalue weighted by atomic mass is 32.2. The number of nitrogens with zero attached hydrogens (tertiary/aromatic N) is 2. The maximum absolute atomic E-state index is 11.9. The van der Waals surface area contributed by atoms with Crippen molar-refractivity contribution in [3.63, 3.8) is 0 Å². The van der Waals surface area contributed by atoms with Gasteiger partial charge in [-0.1, -0.05) is 12.1 Å². The summed E-state index contributed by atoms with van der Waals surface area (Å²) in [5.41, 5.74) is 2.15. The van der Waals surface area contributed by atoms with Crippen molar-refractivity contribution in [2.45, 2.75) is 25.2 Å². The van der Waals surface area contributed by atoms with E-state index in [1.807, 2.05) is 45.3 Å². The van der Waals surface area contributed by atoms with Gasteiger partial charge >= 0.3 is 0 Å². The fourth-order valence-corrected chi connectivity index (χ4v) is 3.60. The zero-order chi connectivity index (χ0) is 15.7. The largest absolute Gasteiger partial charge is 0.491 e. The third kappa shape index (κ3) is 2.97. The summed E-state index contributed by atoms with van der Waals surface area (Å²) in [5.74, 6) is 2.05. The summed E-state index contributed by atoms with van der Waals surface area (Å²) in [5, 5.41) is 7.27. The van der Waals surface area contributed by atoms with Gasteiger partial charge in [0.05, 0.1) is 23.3 Å². The van der Waals surface area contributed by atoms with Crippen molar-refractivity contribution >= 4 is 23.5 Å². The van der Waals surface area contributed by atoms with Gasteiger partial charge in [-0.15, -0.1) is 11.8 Å². The summed E-state index contributed by atoms with van der Waals surface area (Å²) in [7, 11) is 1.84. The molecule has 1 aromatic carbocycles. The van der Waals surface area contributed by atoms with E-state index in [4.69, 9.17) is 4.74 Å². The van der Waals surface area contributed by atoms with Crippen LogP contribution in [0.5, 0.6) is 5.75 Å². The lowest BCUT2D eigenvalue weighted by Gasteiger charge is -2.16. The fourth-order valence-electron chi connectivity index (χ4n) is 2.52. The Bertz CT molecular complexity index is 696. The number of hydrogen-bond acceptors (Lipinski definition) is 4. The number of amides is 1. The Morgan fingerprint density at radius 1 is 1.45 bits per heavy atom. The Balaban J connectivity index is 1.99. The maximum Gasteiger partial charge on any atom is 0.235 e. The number of aromatic nitrogens is 2. The molecular formula is C16H19N3O2S. The lowest BCUT2D eigenvalue weighted by atomic mass is 10.1. The van der Waals surface area contributed by atoms with Crippen molar-refractivity contribution in [2.24, 2.45) is 7.05 Å². The molecule has 1 aliphatic rings. The molecule has 6 heteroatoms. The molecule has 0 fully saturated rings. The molecule has 2 heterocycles. The average molecular weight is 317 g/mol. The van der Waals surface area contributed by atoms with Gasteiger partial charge in [-0.25, -0.2) is 0 Å². The van der Waals surface area contributed by atoms with E-state index in [9.17, 15) is 4.79 Å². The van der Waals surface area contributed by atoms with Crippen LogP contribution in [0.2, 0.25) is 0 Å². The normalized spacial score (nSPS) is 17.8. The van der Waals surface area contributed by atoms with Crippen LogP contribution >= 0.6 is 11.8 Å². The highest BCUT2D eigenvalue weighted by Gasteiger charge is 2.27. The van der Waals surface area contributed by atoms with Gasteiger partial charge in [0, 0.05) is 12.6 Å². The predicted molar refractivity (Wildman–Crippen MR) is 88.3 cm³/mol. The van der Waals surface area contributed by atoms with Gasteiger partial charge in [-0.2, -0.15) is 5.10 Å². The molecule has 116 valence electrons. The van der Waals surface area contributed by atoms with Crippen LogP contribution in [0.3, 0.4) is 0 Å². The van der Waals surface area contributed by atoms with E-state index in [0.717, 1.165) is 22.7 Å². The van der Waals surface area contributed by atoms with Crippen molar-refractivity contribution in [3.8, 4) is 5.75 Å². The molecule has 2 aromatic rings. The third-order valence-electron chi connectivity index (χ3n) is 3.42. The summed E-state index contributed by atoms with van der Waals surface area (Å²) in [4.78, 5) is 11.9. The van der Waals surface area contributed by atoms with Crippen LogP contribution in [0, 0.1) is 0 Å². The lowest BCUT2D eigenvalue weighted by Crippen LogP contribution is -2.15. The van der Waals surface area contributed by atoms with Gasteiger partial charge in [0.15, 0.2) is 0 Å². The molecule has 0 saturated heterocycles. The number of fused-ring (bicyclic) bond motifs is 1. The first-order valence-corrected chi connectivity index (χ1v) is 8.29. The van der Waals surface area contributed by atoms with Crippen molar-refractivity contribution in [1.82, 2.24) is 9.78 Å². The first-order valence-electron chi connectivity index (χ1n) is 7.24. The topological polar surface area (TPSA) is 56.1 Å². The van der Waals surface area contributed by atoms with Crippen molar-refractivity contribution < 1.29 is 9.53 Å². The smallest absolute Gasteiger partial charge is 0.235 e. The second-order valence-electron chi connectivity index (χ2n) is 5.55. The predicted octanol–water partition coefficient (Wildman–Crippen LogP) is 2.98. The molecule has 1 amide bonds. The first-order chi connectivity index (χ1) is 10.5. The van der Waals surface area contributed by atoms with Crippen LogP contribution in [0.25, 0.3) is 0 Å². The van der Waals surface area contributed by atoms with E-state index < -0.39 is 0 Å². The Morgan fingerprint density at radius 3 is 3.05 bits per heavy atom. The second kappa shape index (κ2) is 6.04. The molecular weight excluding hydrogens is 298 g/mol. The minimum atomic E-state index is 0.00642. The van der Waals surface area contributed by atoms with Gasteiger partial charge in [-0.3, -0.25) is 9.48 Å². The van der Waals surface area contributed by atoms with Crippen LogP contribution in [-0.4, -0.2) is 27.5 Å². The number of anilines is 1. The zero-order valence-electron chi connectivity index (χ0n) is 12.9. The number of nitrogens with one attached hydrogen (secondary N) is 1. The van der Waals surface area contributed by atoms with Gasteiger partial charge < -0.3 is 10.1 Å². The van der Waals surface area contributed by atoms with Crippen LogP contribution in [0.4, 0.5) is 5.82 Å². The number of aryl methyl sites for hydroxylation is 1. The summed E-state index contributed by atoms with van der Waals surface area (Å²) >= 11 is 1.61. The van der Waals surface area contributed by atoms with Crippen molar-refractivity contribution in [1.29, 1.82) is 0 Å². The molecule has 1 N–H and O–H groups in total. The highest BCUT2D eigenvalue weighted by Crippen LogP contribution is 2.41. The molecule has 0 spiro atoms. The quantitative estimate of drug-likeness (QED) is 0.945. The van der Waals surface area contributed by atoms with Crippen molar-refractivity contribution in [2.75, 3.05) is 11.1 Å². The van der Waals surface area contributed by atoms with E-state index >= 15 is 0 Å². The Kier molecular flexibility index (Phi) is 4.11. The SMILES string of the molecule is CC(C)Oc1cccc(C2SCC(=O)Nc3c2cnn3C)c1. The van der Waals surface area contributed by atoms with Gasteiger partial charge in [-0.05, 0) is 31.5 Å². The molecule has 0 bridgehead atoms. The van der Waals surface area contributed by atoms with Crippen LogP contribution < -0.4 is 10.1 Å². The van der Waals surface area contributed by atoms with Crippen LogP contribution in [-0.2, 0) is 11.8 Å². The van der Waals surface area contributed by atoms with Crippen molar-refractivity contribution in [3.05, 3.63) is 41.6 Å². The fraction of sp³-hybridized carbons (Fsp3) is 0.375. The van der Waals surface area contributed by atoms with Crippen LogP contribution in [0.1, 0.15) is 30.2 Å². The molecule has 22 heavy (non-hydrogen) atoms. The minimum Gasteiger partial charge on any atom is -0.491 e. The molecule has 1 aromatic heterocycles. The van der Waals surface area contributed by atoms with E-state index in [1.165, 1.54) is 0 Å². The molecule has 3 rings (SSSR count). The third-order valence-corrected chi connectivity index (χ3v) is 4.71. The Labute approximate surface area is 134 Å². The first kappa shape index (κ1) is 15.0. The standard InChI is InChI=1S/C16H19N3O2S/c1-10(2)21-12-6-4-5-11(7-12)15-13-8-17-19(3)16(13)18-14(20)9-22-15/h4-8,10,15H,9H2,1-3H3,(H,18,20). The lowest BCUT2D eigenvalue weighted by molar-refractivity contribution is -0.113. The number of benzene rings is 1. The summed E-state index contributed by atoms with van der Waals surface area (Å²) in [6.45, 7) is 4.02. The molecule has 0 saturated carbocycles. The van der Waals surface area contributed by atoms with E-state index in [-0.39, 0.29) is 17.3 Å². The van der Waals surface area contributed by atoms with Gasteiger partial charge in [0.2, 0.25) is 5.91 Å². The summed E-state index contributed by atoms with van der Waals surface area (Å²) in [6, 6.07) is 8.06. The average Bonchev–Trinajstić information content (AvgIpc) is 2.72. The van der Waals surface area contributed by atoms with E-state index in [2.05, 4.69) is 16.5 Å². The maximum atomic E-state index is 11.9.